The van der Waals surface area contributed by atoms with E-state index in [-0.39, 0.29) is 23.1 Å². The van der Waals surface area contributed by atoms with E-state index >= 15 is 0 Å². The molecule has 6 nitrogen and oxygen atoms in total. The van der Waals surface area contributed by atoms with Crippen molar-refractivity contribution in [2.75, 3.05) is 13.2 Å². The zero-order valence-electron chi connectivity index (χ0n) is 11.9. The summed E-state index contributed by atoms with van der Waals surface area (Å²) in [7, 11) is -3.65. The van der Waals surface area contributed by atoms with Crippen molar-refractivity contribution < 1.29 is 13.2 Å². The number of ether oxygens (including phenoxy) is 1. The third kappa shape index (κ3) is 2.72. The molecule has 2 unspecified atom stereocenters. The highest BCUT2D eigenvalue weighted by Crippen LogP contribution is 2.27. The van der Waals surface area contributed by atoms with Gasteiger partial charge in [-0.15, -0.1) is 11.6 Å². The predicted octanol–water partition coefficient (Wildman–Crippen LogP) is 1.64. The van der Waals surface area contributed by atoms with E-state index in [1.165, 1.54) is 4.31 Å². The predicted molar refractivity (Wildman–Crippen MR) is 76.3 cm³/mol. The standard InChI is InChI=1S/C12H20ClN3O3S/c1-4-10-7-19-8(2)6-16(10)20(17,18)12-11(5-13)9(3)14-15-12/h8,10H,4-7H2,1-3H3,(H,14,15). The molecule has 0 amide bonds. The number of sulfonamides is 1. The number of hydrogen-bond donors (Lipinski definition) is 1. The van der Waals surface area contributed by atoms with Gasteiger partial charge in [0.2, 0.25) is 0 Å². The molecular formula is C12H20ClN3O3S. The molecule has 0 aliphatic carbocycles. The Balaban J connectivity index is 2.42. The highest BCUT2D eigenvalue weighted by molar-refractivity contribution is 7.89. The molecule has 1 aliphatic heterocycles. The molecule has 2 atom stereocenters. The van der Waals surface area contributed by atoms with E-state index in [0.717, 1.165) is 0 Å². The summed E-state index contributed by atoms with van der Waals surface area (Å²) in [5.74, 6) is 0.119. The number of H-pyrrole nitrogens is 1. The number of aromatic amines is 1. The largest absolute Gasteiger partial charge is 0.375 e. The maximum atomic E-state index is 12.8. The van der Waals surface area contributed by atoms with Gasteiger partial charge in [0.15, 0.2) is 5.03 Å². The number of rotatable bonds is 4. The van der Waals surface area contributed by atoms with Crippen molar-refractivity contribution in [2.45, 2.75) is 50.2 Å². The fraction of sp³-hybridized carbons (Fsp3) is 0.750. The Morgan fingerprint density at radius 2 is 2.25 bits per heavy atom. The Morgan fingerprint density at radius 1 is 1.55 bits per heavy atom. The number of nitrogens with one attached hydrogen (secondary N) is 1. The monoisotopic (exact) mass is 321 g/mol. The molecule has 8 heteroatoms. The van der Waals surface area contributed by atoms with Crippen molar-refractivity contribution in [3.8, 4) is 0 Å². The minimum atomic E-state index is -3.65. The highest BCUT2D eigenvalue weighted by atomic mass is 35.5. The molecule has 0 saturated carbocycles. The van der Waals surface area contributed by atoms with Crippen LogP contribution in [0.5, 0.6) is 0 Å². The highest BCUT2D eigenvalue weighted by Gasteiger charge is 2.38. The SMILES string of the molecule is CCC1COC(C)CN1S(=O)(=O)c1n[nH]c(C)c1CCl. The number of alkyl halides is 1. The molecule has 1 aromatic heterocycles. The van der Waals surface area contributed by atoms with Crippen LogP contribution in [0.4, 0.5) is 0 Å². The molecule has 1 N–H and O–H groups in total. The minimum absolute atomic E-state index is 0.0394. The van der Waals surface area contributed by atoms with Gasteiger partial charge in [-0.05, 0) is 20.3 Å². The van der Waals surface area contributed by atoms with E-state index in [0.29, 0.717) is 30.8 Å². The van der Waals surface area contributed by atoms with Crippen molar-refractivity contribution in [2.24, 2.45) is 0 Å². The van der Waals surface area contributed by atoms with Gasteiger partial charge in [-0.2, -0.15) is 9.40 Å². The number of aryl methyl sites for hydroxylation is 1. The van der Waals surface area contributed by atoms with Gasteiger partial charge in [0.1, 0.15) is 0 Å². The molecular weight excluding hydrogens is 302 g/mol. The lowest BCUT2D eigenvalue weighted by Gasteiger charge is -2.36. The maximum absolute atomic E-state index is 12.8. The fourth-order valence-corrected chi connectivity index (χ4v) is 4.68. The van der Waals surface area contributed by atoms with Crippen LogP contribution in [-0.4, -0.2) is 48.2 Å². The van der Waals surface area contributed by atoms with Crippen molar-refractivity contribution in [3.05, 3.63) is 11.3 Å². The van der Waals surface area contributed by atoms with Crippen LogP contribution in [0.2, 0.25) is 0 Å². The normalized spacial score (nSPS) is 25.0. The maximum Gasteiger partial charge on any atom is 0.263 e. The van der Waals surface area contributed by atoms with Gasteiger partial charge in [-0.25, -0.2) is 8.42 Å². The van der Waals surface area contributed by atoms with Crippen LogP contribution in [0.25, 0.3) is 0 Å². The molecule has 1 aromatic rings. The van der Waals surface area contributed by atoms with Crippen LogP contribution in [0.3, 0.4) is 0 Å². The van der Waals surface area contributed by atoms with E-state index in [1.54, 1.807) is 6.92 Å². The molecule has 0 bridgehead atoms. The van der Waals surface area contributed by atoms with E-state index in [1.807, 2.05) is 13.8 Å². The first kappa shape index (κ1) is 15.8. The van der Waals surface area contributed by atoms with Crippen molar-refractivity contribution in [1.29, 1.82) is 0 Å². The Morgan fingerprint density at radius 3 is 2.85 bits per heavy atom. The van der Waals surface area contributed by atoms with Crippen LogP contribution in [-0.2, 0) is 20.6 Å². The summed E-state index contributed by atoms with van der Waals surface area (Å²) in [5, 5.41) is 6.69. The number of aromatic nitrogens is 2. The van der Waals surface area contributed by atoms with E-state index in [9.17, 15) is 8.42 Å². The molecule has 20 heavy (non-hydrogen) atoms. The van der Waals surface area contributed by atoms with Gasteiger partial charge in [-0.1, -0.05) is 6.92 Å². The summed E-state index contributed by atoms with van der Waals surface area (Å²) >= 11 is 5.85. The minimum Gasteiger partial charge on any atom is -0.375 e. The molecule has 1 saturated heterocycles. The molecule has 114 valence electrons. The topological polar surface area (TPSA) is 75.3 Å². The van der Waals surface area contributed by atoms with E-state index in [2.05, 4.69) is 10.2 Å². The first-order valence-corrected chi connectivity index (χ1v) is 8.62. The van der Waals surface area contributed by atoms with Crippen LogP contribution in [0.15, 0.2) is 5.03 Å². The third-order valence-electron chi connectivity index (χ3n) is 3.61. The van der Waals surface area contributed by atoms with E-state index in [4.69, 9.17) is 16.3 Å². The molecule has 1 fully saturated rings. The van der Waals surface area contributed by atoms with Gasteiger partial charge in [-0.3, -0.25) is 5.10 Å². The molecule has 1 aliphatic rings. The lowest BCUT2D eigenvalue weighted by atomic mass is 10.2. The van der Waals surface area contributed by atoms with Crippen LogP contribution in [0.1, 0.15) is 31.5 Å². The summed E-state index contributed by atoms with van der Waals surface area (Å²) in [6, 6.07) is -0.156. The molecule has 2 rings (SSSR count). The second-order valence-electron chi connectivity index (χ2n) is 5.05. The molecule has 0 radical (unpaired) electrons. The van der Waals surface area contributed by atoms with E-state index < -0.39 is 10.0 Å². The second-order valence-corrected chi connectivity index (χ2v) is 7.12. The first-order chi connectivity index (χ1) is 9.41. The number of halogens is 1. The summed E-state index contributed by atoms with van der Waals surface area (Å²) in [6.07, 6.45) is 0.582. The summed E-state index contributed by atoms with van der Waals surface area (Å²) in [5.41, 5.74) is 1.23. The fourth-order valence-electron chi connectivity index (χ4n) is 2.34. The Hall–Kier alpha value is -0.630. The average molecular weight is 322 g/mol. The van der Waals surface area contributed by atoms with Gasteiger partial charge < -0.3 is 4.74 Å². The third-order valence-corrected chi connectivity index (χ3v) is 5.77. The summed E-state index contributed by atoms with van der Waals surface area (Å²) in [4.78, 5) is 0. The Bertz CT molecular complexity index is 573. The van der Waals surface area contributed by atoms with Crippen LogP contribution in [0, 0.1) is 6.92 Å². The van der Waals surface area contributed by atoms with Crippen molar-refractivity contribution in [3.63, 3.8) is 0 Å². The molecule has 2 heterocycles. The lowest BCUT2D eigenvalue weighted by Crippen LogP contribution is -2.51. The number of hydrogen-bond acceptors (Lipinski definition) is 4. The van der Waals surface area contributed by atoms with Gasteiger partial charge in [0.25, 0.3) is 10.0 Å². The smallest absolute Gasteiger partial charge is 0.263 e. The number of morpholine rings is 1. The van der Waals surface area contributed by atoms with Crippen molar-refractivity contribution >= 4 is 21.6 Å². The van der Waals surface area contributed by atoms with Gasteiger partial charge >= 0.3 is 0 Å². The second kappa shape index (κ2) is 6.01. The van der Waals surface area contributed by atoms with Gasteiger partial charge in [0, 0.05) is 23.8 Å². The zero-order chi connectivity index (χ0) is 14.9. The van der Waals surface area contributed by atoms with Crippen LogP contribution >= 0.6 is 11.6 Å². The zero-order valence-corrected chi connectivity index (χ0v) is 13.5. The number of nitrogens with zero attached hydrogens (tertiary/aromatic N) is 2. The van der Waals surface area contributed by atoms with Crippen molar-refractivity contribution in [1.82, 2.24) is 14.5 Å². The van der Waals surface area contributed by atoms with Crippen LogP contribution < -0.4 is 0 Å². The molecule has 0 spiro atoms. The Labute approximate surface area is 124 Å². The first-order valence-electron chi connectivity index (χ1n) is 6.65. The lowest BCUT2D eigenvalue weighted by molar-refractivity contribution is -0.0231. The average Bonchev–Trinajstić information content (AvgIpc) is 2.80. The van der Waals surface area contributed by atoms with Gasteiger partial charge in [0.05, 0.1) is 18.6 Å². The summed E-state index contributed by atoms with van der Waals surface area (Å²) in [6.45, 7) is 6.34. The molecule has 0 aromatic carbocycles. The summed E-state index contributed by atoms with van der Waals surface area (Å²) < 4.78 is 32.7. The Kier molecular flexibility index (Phi) is 4.73. The quantitative estimate of drug-likeness (QED) is 0.855.